The van der Waals surface area contributed by atoms with Gasteiger partial charge in [-0.25, -0.2) is 0 Å². The van der Waals surface area contributed by atoms with Crippen molar-refractivity contribution in [3.63, 3.8) is 0 Å². The van der Waals surface area contributed by atoms with Crippen LogP contribution in [0.15, 0.2) is 24.3 Å². The van der Waals surface area contributed by atoms with E-state index in [0.29, 0.717) is 12.3 Å². The van der Waals surface area contributed by atoms with Crippen molar-refractivity contribution in [2.75, 3.05) is 13.1 Å². The highest BCUT2D eigenvalue weighted by Gasteiger charge is 2.32. The molecular weight excluding hydrogens is 250 g/mol. The summed E-state index contributed by atoms with van der Waals surface area (Å²) in [5, 5.41) is 9.77. The van der Waals surface area contributed by atoms with Crippen LogP contribution in [-0.4, -0.2) is 29.0 Å². The number of phenolic OH excluding ortho intramolecular Hbond substituents is 1. The lowest BCUT2D eigenvalue weighted by molar-refractivity contribution is -0.133. The van der Waals surface area contributed by atoms with Gasteiger partial charge in [-0.15, -0.1) is 0 Å². The average Bonchev–Trinajstić information content (AvgIpc) is 2.49. The zero-order valence-corrected chi connectivity index (χ0v) is 11.9. The van der Waals surface area contributed by atoms with Crippen molar-refractivity contribution >= 4 is 5.91 Å². The number of nitrogens with zero attached hydrogens (tertiary/aromatic N) is 1. The van der Waals surface area contributed by atoms with Crippen LogP contribution in [0.1, 0.15) is 37.7 Å². The third-order valence-corrected chi connectivity index (χ3v) is 4.98. The molecule has 3 heteroatoms. The van der Waals surface area contributed by atoms with Gasteiger partial charge in [-0.05, 0) is 30.7 Å². The van der Waals surface area contributed by atoms with E-state index in [4.69, 9.17) is 0 Å². The minimum Gasteiger partial charge on any atom is -0.508 e. The molecule has 108 valence electrons. The Morgan fingerprint density at radius 2 is 1.90 bits per heavy atom. The molecule has 2 atom stereocenters. The largest absolute Gasteiger partial charge is 0.508 e. The molecule has 2 aliphatic rings. The second-order valence-corrected chi connectivity index (χ2v) is 6.24. The quantitative estimate of drug-likeness (QED) is 0.900. The van der Waals surface area contributed by atoms with Gasteiger partial charge in [0.25, 0.3) is 0 Å². The number of rotatable bonds is 2. The monoisotopic (exact) mass is 273 g/mol. The minimum absolute atomic E-state index is 0.163. The first-order valence-corrected chi connectivity index (χ1v) is 7.78. The number of hydrogen-bond donors (Lipinski definition) is 1. The van der Waals surface area contributed by atoms with Crippen LogP contribution in [0.25, 0.3) is 0 Å². The Hall–Kier alpha value is -1.51. The number of carbonyl (C=O) groups is 1. The lowest BCUT2D eigenvalue weighted by atomic mass is 9.75. The van der Waals surface area contributed by atoms with Gasteiger partial charge in [0, 0.05) is 18.7 Å². The first kappa shape index (κ1) is 13.5. The molecule has 1 heterocycles. The van der Waals surface area contributed by atoms with Crippen LogP contribution in [0.4, 0.5) is 0 Å². The van der Waals surface area contributed by atoms with Crippen molar-refractivity contribution in [2.45, 2.75) is 38.5 Å². The van der Waals surface area contributed by atoms with E-state index in [2.05, 4.69) is 0 Å². The maximum atomic E-state index is 12.4. The highest BCUT2D eigenvalue weighted by molar-refractivity contribution is 5.79. The zero-order valence-electron chi connectivity index (χ0n) is 11.9. The van der Waals surface area contributed by atoms with Crippen molar-refractivity contribution in [3.05, 3.63) is 29.8 Å². The normalized spacial score (nSPS) is 26.1. The van der Waals surface area contributed by atoms with E-state index in [1.807, 2.05) is 17.0 Å². The second kappa shape index (κ2) is 5.86. The molecule has 20 heavy (non-hydrogen) atoms. The summed E-state index contributed by atoms with van der Waals surface area (Å²) in [6, 6.07) is 7.14. The molecule has 1 saturated carbocycles. The van der Waals surface area contributed by atoms with Crippen LogP contribution in [0.5, 0.6) is 5.75 Å². The van der Waals surface area contributed by atoms with E-state index < -0.39 is 0 Å². The Morgan fingerprint density at radius 1 is 1.15 bits per heavy atom. The van der Waals surface area contributed by atoms with E-state index in [1.54, 1.807) is 12.1 Å². The Kier molecular flexibility index (Phi) is 3.95. The maximum Gasteiger partial charge on any atom is 0.227 e. The molecule has 2 unspecified atom stereocenters. The van der Waals surface area contributed by atoms with Crippen molar-refractivity contribution < 1.29 is 9.90 Å². The van der Waals surface area contributed by atoms with E-state index in [-0.39, 0.29) is 11.7 Å². The number of fused-ring (bicyclic) bond motifs is 1. The summed E-state index contributed by atoms with van der Waals surface area (Å²) in [6.07, 6.45) is 6.81. The number of aromatic hydroxyl groups is 1. The van der Waals surface area contributed by atoms with Gasteiger partial charge in [0.1, 0.15) is 5.75 Å². The maximum absolute atomic E-state index is 12.4. The van der Waals surface area contributed by atoms with Crippen LogP contribution in [0, 0.1) is 11.8 Å². The summed E-state index contributed by atoms with van der Waals surface area (Å²) >= 11 is 0. The van der Waals surface area contributed by atoms with E-state index >= 15 is 0 Å². The standard InChI is InChI=1S/C17H23NO2/c19-16-8-4-3-6-14(16)11-17(20)18-10-9-13-5-1-2-7-15(13)12-18/h3-4,6,8,13,15,19H,1-2,5,7,9-12H2. The number of piperidine rings is 1. The summed E-state index contributed by atoms with van der Waals surface area (Å²) < 4.78 is 0. The zero-order chi connectivity index (χ0) is 13.9. The summed E-state index contributed by atoms with van der Waals surface area (Å²) in [6.45, 7) is 1.82. The predicted octanol–water partition coefficient (Wildman–Crippen LogP) is 2.97. The average molecular weight is 273 g/mol. The molecule has 3 rings (SSSR count). The lowest BCUT2D eigenvalue weighted by Gasteiger charge is -2.41. The number of likely N-dealkylation sites (tertiary alicyclic amines) is 1. The molecule has 1 saturated heterocycles. The highest BCUT2D eigenvalue weighted by atomic mass is 16.3. The molecule has 1 aliphatic carbocycles. The summed E-state index contributed by atoms with van der Waals surface area (Å²) in [7, 11) is 0. The molecule has 1 aromatic rings. The summed E-state index contributed by atoms with van der Waals surface area (Å²) in [5.74, 6) is 1.95. The molecule has 3 nitrogen and oxygen atoms in total. The van der Waals surface area contributed by atoms with Crippen molar-refractivity contribution in [1.29, 1.82) is 0 Å². The topological polar surface area (TPSA) is 40.5 Å². The fourth-order valence-electron chi connectivity index (χ4n) is 3.76. The van der Waals surface area contributed by atoms with Crippen molar-refractivity contribution in [2.24, 2.45) is 11.8 Å². The Balaban J connectivity index is 1.62. The van der Waals surface area contributed by atoms with Crippen molar-refractivity contribution in [3.8, 4) is 5.75 Å². The summed E-state index contributed by atoms with van der Waals surface area (Å²) in [4.78, 5) is 14.4. The number of amides is 1. The van der Waals surface area contributed by atoms with Crippen LogP contribution in [0.2, 0.25) is 0 Å². The number of carbonyl (C=O) groups excluding carboxylic acids is 1. The molecule has 0 radical (unpaired) electrons. The third kappa shape index (κ3) is 2.82. The number of hydrogen-bond acceptors (Lipinski definition) is 2. The Labute approximate surface area is 120 Å². The first-order chi connectivity index (χ1) is 9.74. The van der Waals surface area contributed by atoms with Crippen LogP contribution >= 0.6 is 0 Å². The highest BCUT2D eigenvalue weighted by Crippen LogP contribution is 2.36. The molecule has 0 aromatic heterocycles. The van der Waals surface area contributed by atoms with Gasteiger partial charge in [-0.2, -0.15) is 0 Å². The number of benzene rings is 1. The van der Waals surface area contributed by atoms with Crippen LogP contribution in [0.3, 0.4) is 0 Å². The predicted molar refractivity (Wildman–Crippen MR) is 78.5 cm³/mol. The van der Waals surface area contributed by atoms with Gasteiger partial charge in [-0.3, -0.25) is 4.79 Å². The van der Waals surface area contributed by atoms with Gasteiger partial charge < -0.3 is 10.0 Å². The lowest BCUT2D eigenvalue weighted by Crippen LogP contribution is -2.45. The minimum atomic E-state index is 0.163. The summed E-state index contributed by atoms with van der Waals surface area (Å²) in [5.41, 5.74) is 0.739. The second-order valence-electron chi connectivity index (χ2n) is 6.24. The van der Waals surface area contributed by atoms with Gasteiger partial charge in [0.2, 0.25) is 5.91 Å². The molecule has 1 aromatic carbocycles. The van der Waals surface area contributed by atoms with E-state index in [0.717, 1.165) is 31.0 Å². The van der Waals surface area contributed by atoms with Gasteiger partial charge in [0.15, 0.2) is 0 Å². The molecule has 1 N–H and O–H groups in total. The first-order valence-electron chi connectivity index (χ1n) is 7.78. The molecule has 0 bridgehead atoms. The smallest absolute Gasteiger partial charge is 0.227 e. The molecule has 2 fully saturated rings. The Bertz CT molecular complexity index is 486. The fraction of sp³-hybridized carbons (Fsp3) is 0.588. The van der Waals surface area contributed by atoms with Gasteiger partial charge in [0.05, 0.1) is 6.42 Å². The van der Waals surface area contributed by atoms with E-state index in [9.17, 15) is 9.90 Å². The van der Waals surface area contributed by atoms with E-state index in [1.165, 1.54) is 25.7 Å². The molecular formula is C17H23NO2. The molecule has 1 aliphatic heterocycles. The van der Waals surface area contributed by atoms with Gasteiger partial charge >= 0.3 is 0 Å². The fourth-order valence-corrected chi connectivity index (χ4v) is 3.76. The number of phenols is 1. The Morgan fingerprint density at radius 3 is 2.70 bits per heavy atom. The third-order valence-electron chi connectivity index (χ3n) is 4.98. The van der Waals surface area contributed by atoms with Gasteiger partial charge in [-0.1, -0.05) is 37.5 Å². The van der Waals surface area contributed by atoms with Crippen LogP contribution in [-0.2, 0) is 11.2 Å². The van der Waals surface area contributed by atoms with Crippen molar-refractivity contribution in [1.82, 2.24) is 4.90 Å². The SMILES string of the molecule is O=C(Cc1ccccc1O)N1CCC2CCCCC2C1. The molecule has 1 amide bonds. The van der Waals surface area contributed by atoms with Crippen LogP contribution < -0.4 is 0 Å². The number of para-hydroxylation sites is 1. The molecule has 0 spiro atoms.